The van der Waals surface area contributed by atoms with Crippen molar-refractivity contribution in [2.45, 2.75) is 19.4 Å². The maximum absolute atomic E-state index is 13.5. The molecule has 1 fully saturated rings. The van der Waals surface area contributed by atoms with Gasteiger partial charge < -0.3 is 5.32 Å². The first-order valence-electron chi connectivity index (χ1n) is 6.12. The summed E-state index contributed by atoms with van der Waals surface area (Å²) in [6.07, 6.45) is 0.987. The largest absolute Gasteiger partial charge is 0.314 e. The third-order valence-corrected chi connectivity index (χ3v) is 3.61. The Hall–Kier alpha value is -0.0600. The minimum atomic E-state index is -0.322. The van der Waals surface area contributed by atoms with Gasteiger partial charge in [-0.05, 0) is 24.1 Å². The molecule has 110 valence electrons. The van der Waals surface area contributed by atoms with Gasteiger partial charge in [-0.1, -0.05) is 24.6 Å². The van der Waals surface area contributed by atoms with Crippen molar-refractivity contribution < 1.29 is 4.39 Å². The lowest BCUT2D eigenvalue weighted by molar-refractivity contribution is 0.169. The second-order valence-corrected chi connectivity index (χ2v) is 4.79. The van der Waals surface area contributed by atoms with Crippen molar-refractivity contribution in [3.8, 4) is 0 Å². The summed E-state index contributed by atoms with van der Waals surface area (Å²) >= 11 is 5.72. The van der Waals surface area contributed by atoms with Gasteiger partial charge in [0.25, 0.3) is 0 Å². The standard InChI is InChI=1S/C13H18ClFN2.2ClH/c1-2-13(17-7-5-16-6-8-17)10-3-4-11(14)12(15)9-10;;/h3-4,9,13,16H,2,5-8H2,1H3;2*1H/t13-;;/m0../s1. The zero-order chi connectivity index (χ0) is 12.3. The average Bonchev–Trinajstić information content (AvgIpc) is 2.36. The van der Waals surface area contributed by atoms with E-state index in [4.69, 9.17) is 11.6 Å². The Kier molecular flexibility index (Phi) is 8.95. The molecule has 0 aliphatic carbocycles. The van der Waals surface area contributed by atoms with Crippen molar-refractivity contribution in [1.29, 1.82) is 0 Å². The molecule has 1 aliphatic rings. The van der Waals surface area contributed by atoms with Gasteiger partial charge in [0.15, 0.2) is 0 Å². The Morgan fingerprint density at radius 2 is 1.95 bits per heavy atom. The van der Waals surface area contributed by atoms with Gasteiger partial charge in [0, 0.05) is 32.2 Å². The van der Waals surface area contributed by atoms with E-state index >= 15 is 0 Å². The van der Waals surface area contributed by atoms with Crippen molar-refractivity contribution in [2.24, 2.45) is 0 Å². The highest BCUT2D eigenvalue weighted by molar-refractivity contribution is 6.30. The summed E-state index contributed by atoms with van der Waals surface area (Å²) in [5, 5.41) is 3.53. The number of rotatable bonds is 3. The van der Waals surface area contributed by atoms with Gasteiger partial charge >= 0.3 is 0 Å². The molecular weight excluding hydrogens is 310 g/mol. The van der Waals surface area contributed by atoms with Crippen molar-refractivity contribution >= 4 is 36.4 Å². The fourth-order valence-corrected chi connectivity index (χ4v) is 2.54. The van der Waals surface area contributed by atoms with Crippen LogP contribution in [0.3, 0.4) is 0 Å². The first-order valence-corrected chi connectivity index (χ1v) is 6.50. The van der Waals surface area contributed by atoms with Crippen LogP contribution in [0.5, 0.6) is 0 Å². The number of hydrogen-bond acceptors (Lipinski definition) is 2. The summed E-state index contributed by atoms with van der Waals surface area (Å²) < 4.78 is 13.5. The average molecular weight is 330 g/mol. The number of benzene rings is 1. The van der Waals surface area contributed by atoms with Crippen LogP contribution >= 0.6 is 36.4 Å². The lowest BCUT2D eigenvalue weighted by atomic mass is 10.0. The molecule has 1 atom stereocenters. The highest BCUT2D eigenvalue weighted by Crippen LogP contribution is 2.27. The van der Waals surface area contributed by atoms with Crippen LogP contribution in [-0.2, 0) is 0 Å². The molecule has 1 aromatic rings. The first-order chi connectivity index (χ1) is 8.22. The first kappa shape index (κ1) is 18.9. The van der Waals surface area contributed by atoms with E-state index in [0.717, 1.165) is 38.2 Å². The molecule has 1 N–H and O–H groups in total. The molecular formula is C13H20Cl3FN2. The minimum absolute atomic E-state index is 0. The number of hydrogen-bond donors (Lipinski definition) is 1. The normalized spacial score (nSPS) is 17.2. The van der Waals surface area contributed by atoms with Crippen molar-refractivity contribution in [3.63, 3.8) is 0 Å². The van der Waals surface area contributed by atoms with Crippen LogP contribution in [0.25, 0.3) is 0 Å². The molecule has 1 aliphatic heterocycles. The topological polar surface area (TPSA) is 15.3 Å². The molecule has 0 aromatic heterocycles. The quantitative estimate of drug-likeness (QED) is 0.910. The van der Waals surface area contributed by atoms with E-state index in [1.807, 2.05) is 6.07 Å². The zero-order valence-electron chi connectivity index (χ0n) is 10.9. The van der Waals surface area contributed by atoms with E-state index in [2.05, 4.69) is 17.1 Å². The summed E-state index contributed by atoms with van der Waals surface area (Å²) in [7, 11) is 0. The second kappa shape index (κ2) is 8.98. The van der Waals surface area contributed by atoms with Crippen LogP contribution < -0.4 is 5.32 Å². The van der Waals surface area contributed by atoms with E-state index in [1.54, 1.807) is 12.1 Å². The van der Waals surface area contributed by atoms with Crippen LogP contribution in [0.1, 0.15) is 24.9 Å². The summed E-state index contributed by atoms with van der Waals surface area (Å²) in [6, 6.07) is 5.45. The molecule has 0 bridgehead atoms. The van der Waals surface area contributed by atoms with Gasteiger partial charge in [-0.25, -0.2) is 4.39 Å². The maximum atomic E-state index is 13.5. The van der Waals surface area contributed by atoms with E-state index < -0.39 is 0 Å². The van der Waals surface area contributed by atoms with Crippen LogP contribution in [0.2, 0.25) is 5.02 Å². The Morgan fingerprint density at radius 1 is 1.32 bits per heavy atom. The van der Waals surface area contributed by atoms with Gasteiger partial charge in [-0.2, -0.15) is 0 Å². The van der Waals surface area contributed by atoms with Crippen molar-refractivity contribution in [1.82, 2.24) is 10.2 Å². The molecule has 1 saturated heterocycles. The van der Waals surface area contributed by atoms with E-state index in [-0.39, 0.29) is 35.7 Å². The fraction of sp³-hybridized carbons (Fsp3) is 0.538. The maximum Gasteiger partial charge on any atom is 0.142 e. The van der Waals surface area contributed by atoms with Crippen molar-refractivity contribution in [3.05, 3.63) is 34.6 Å². The molecule has 0 radical (unpaired) electrons. The zero-order valence-corrected chi connectivity index (χ0v) is 13.3. The molecule has 19 heavy (non-hydrogen) atoms. The molecule has 6 heteroatoms. The smallest absolute Gasteiger partial charge is 0.142 e. The van der Waals surface area contributed by atoms with Crippen LogP contribution in [0.15, 0.2) is 18.2 Å². The van der Waals surface area contributed by atoms with Crippen LogP contribution in [-0.4, -0.2) is 31.1 Å². The Morgan fingerprint density at radius 3 is 2.47 bits per heavy atom. The SMILES string of the molecule is CC[C@@H](c1ccc(Cl)c(F)c1)N1CCNCC1.Cl.Cl. The highest BCUT2D eigenvalue weighted by atomic mass is 35.5. The fourth-order valence-electron chi connectivity index (χ4n) is 2.42. The van der Waals surface area contributed by atoms with Gasteiger partial charge in [0.2, 0.25) is 0 Å². The lowest BCUT2D eigenvalue weighted by Crippen LogP contribution is -2.45. The third kappa shape index (κ3) is 4.76. The van der Waals surface area contributed by atoms with Gasteiger partial charge in [0.05, 0.1) is 5.02 Å². The summed E-state index contributed by atoms with van der Waals surface area (Å²) in [5.41, 5.74) is 1.02. The Labute approximate surface area is 131 Å². The predicted octanol–water partition coefficient (Wildman–Crippen LogP) is 3.68. The molecule has 0 spiro atoms. The Bertz CT molecular complexity index is 384. The molecule has 1 aromatic carbocycles. The van der Waals surface area contributed by atoms with E-state index in [9.17, 15) is 4.39 Å². The molecule has 0 unspecified atom stereocenters. The highest BCUT2D eigenvalue weighted by Gasteiger charge is 2.21. The Balaban J connectivity index is 0.00000162. The molecule has 2 rings (SSSR count). The summed E-state index contributed by atoms with van der Waals surface area (Å²) in [4.78, 5) is 2.40. The molecule has 1 heterocycles. The third-order valence-electron chi connectivity index (χ3n) is 3.31. The lowest BCUT2D eigenvalue weighted by Gasteiger charge is -2.34. The second-order valence-electron chi connectivity index (χ2n) is 4.38. The van der Waals surface area contributed by atoms with E-state index in [0.29, 0.717) is 6.04 Å². The molecule has 0 saturated carbocycles. The van der Waals surface area contributed by atoms with Gasteiger partial charge in [-0.15, -0.1) is 24.8 Å². The summed E-state index contributed by atoms with van der Waals surface area (Å²) in [6.45, 7) is 6.18. The number of nitrogens with zero attached hydrogens (tertiary/aromatic N) is 1. The number of nitrogens with one attached hydrogen (secondary N) is 1. The van der Waals surface area contributed by atoms with Crippen molar-refractivity contribution in [2.75, 3.05) is 26.2 Å². The number of piperazine rings is 1. The molecule has 0 amide bonds. The number of halogens is 4. The monoisotopic (exact) mass is 328 g/mol. The summed E-state index contributed by atoms with van der Waals surface area (Å²) in [5.74, 6) is -0.322. The van der Waals surface area contributed by atoms with Gasteiger partial charge in [-0.3, -0.25) is 4.90 Å². The van der Waals surface area contributed by atoms with E-state index in [1.165, 1.54) is 0 Å². The minimum Gasteiger partial charge on any atom is -0.314 e. The van der Waals surface area contributed by atoms with Gasteiger partial charge in [0.1, 0.15) is 5.82 Å². The van der Waals surface area contributed by atoms with Crippen LogP contribution in [0.4, 0.5) is 4.39 Å². The molecule has 2 nitrogen and oxygen atoms in total. The predicted molar refractivity (Wildman–Crippen MR) is 83.4 cm³/mol. The van der Waals surface area contributed by atoms with Crippen LogP contribution in [0, 0.1) is 5.82 Å².